The standard InChI is InChI=1S/C16H15F3N2O4S/c1-2-25-20-15(22)11-6-8-14(9-7-11)26(23,24)21-13-5-3-4-12(10-13)16(17,18)19/h3-10,21H,2H2,1H3,(H,20,22). The van der Waals surface area contributed by atoms with Gasteiger partial charge in [0.25, 0.3) is 15.9 Å². The first-order chi connectivity index (χ1) is 12.1. The van der Waals surface area contributed by atoms with Gasteiger partial charge in [-0.15, -0.1) is 0 Å². The van der Waals surface area contributed by atoms with Crippen LogP contribution in [0, 0.1) is 0 Å². The molecule has 0 saturated carbocycles. The van der Waals surface area contributed by atoms with Crippen LogP contribution in [0.5, 0.6) is 0 Å². The predicted octanol–water partition coefficient (Wildman–Crippen LogP) is 3.19. The molecule has 1 amide bonds. The van der Waals surface area contributed by atoms with Crippen LogP contribution in [0.3, 0.4) is 0 Å². The summed E-state index contributed by atoms with van der Waals surface area (Å²) in [5.74, 6) is -0.554. The second-order valence-corrected chi connectivity index (χ2v) is 6.76. The summed E-state index contributed by atoms with van der Waals surface area (Å²) in [6.07, 6.45) is -4.59. The first-order valence-electron chi connectivity index (χ1n) is 7.36. The molecule has 2 N–H and O–H groups in total. The molecule has 0 spiro atoms. The van der Waals surface area contributed by atoms with Crippen LogP contribution in [0.4, 0.5) is 18.9 Å². The minimum absolute atomic E-state index is 0.163. The molecule has 0 radical (unpaired) electrons. The van der Waals surface area contributed by atoms with Gasteiger partial charge in [-0.2, -0.15) is 13.2 Å². The van der Waals surface area contributed by atoms with Crippen molar-refractivity contribution in [2.45, 2.75) is 18.0 Å². The van der Waals surface area contributed by atoms with Crippen LogP contribution in [0.25, 0.3) is 0 Å². The second kappa shape index (κ2) is 7.75. The van der Waals surface area contributed by atoms with E-state index in [4.69, 9.17) is 4.84 Å². The zero-order chi connectivity index (χ0) is 19.4. The van der Waals surface area contributed by atoms with Gasteiger partial charge in [-0.05, 0) is 49.4 Å². The number of sulfonamides is 1. The first-order valence-corrected chi connectivity index (χ1v) is 8.84. The molecule has 2 rings (SSSR count). The molecule has 0 aliphatic heterocycles. The topological polar surface area (TPSA) is 84.5 Å². The van der Waals surface area contributed by atoms with E-state index in [1.807, 2.05) is 0 Å². The Morgan fingerprint density at radius 3 is 2.35 bits per heavy atom. The van der Waals surface area contributed by atoms with E-state index in [9.17, 15) is 26.4 Å². The quantitative estimate of drug-likeness (QED) is 0.745. The Bertz CT molecular complexity index is 881. The molecule has 0 fully saturated rings. The lowest BCUT2D eigenvalue weighted by atomic mass is 10.2. The van der Waals surface area contributed by atoms with Gasteiger partial charge in [0, 0.05) is 11.3 Å². The van der Waals surface area contributed by atoms with E-state index in [1.165, 1.54) is 18.2 Å². The minimum Gasteiger partial charge on any atom is -0.280 e. The number of rotatable bonds is 6. The Hall–Kier alpha value is -2.59. The van der Waals surface area contributed by atoms with Crippen molar-refractivity contribution in [1.29, 1.82) is 0 Å². The van der Waals surface area contributed by atoms with Crippen LogP contribution in [0.1, 0.15) is 22.8 Å². The summed E-state index contributed by atoms with van der Waals surface area (Å²) in [5.41, 5.74) is 1.12. The Labute approximate surface area is 148 Å². The molecule has 0 unspecified atom stereocenters. The number of benzene rings is 2. The molecule has 0 aliphatic rings. The van der Waals surface area contributed by atoms with Crippen LogP contribution < -0.4 is 10.2 Å². The monoisotopic (exact) mass is 388 g/mol. The highest BCUT2D eigenvalue weighted by molar-refractivity contribution is 7.92. The fraction of sp³-hybridized carbons (Fsp3) is 0.188. The third-order valence-electron chi connectivity index (χ3n) is 3.18. The Morgan fingerprint density at radius 1 is 1.12 bits per heavy atom. The van der Waals surface area contributed by atoms with Crippen molar-refractivity contribution in [1.82, 2.24) is 5.48 Å². The number of alkyl halides is 3. The maximum Gasteiger partial charge on any atom is 0.416 e. The van der Waals surface area contributed by atoms with Gasteiger partial charge in [0.05, 0.1) is 17.1 Å². The lowest BCUT2D eigenvalue weighted by Gasteiger charge is -2.11. The van der Waals surface area contributed by atoms with Crippen LogP contribution >= 0.6 is 0 Å². The molecule has 0 saturated heterocycles. The van der Waals surface area contributed by atoms with Crippen molar-refractivity contribution in [3.63, 3.8) is 0 Å². The van der Waals surface area contributed by atoms with E-state index in [0.717, 1.165) is 24.3 Å². The number of hydrogen-bond donors (Lipinski definition) is 2. The van der Waals surface area contributed by atoms with E-state index in [1.54, 1.807) is 6.92 Å². The first kappa shape index (κ1) is 19.7. The zero-order valence-electron chi connectivity index (χ0n) is 13.5. The van der Waals surface area contributed by atoms with E-state index in [-0.39, 0.29) is 22.8 Å². The lowest BCUT2D eigenvalue weighted by molar-refractivity contribution is -0.137. The summed E-state index contributed by atoms with van der Waals surface area (Å²) in [6.45, 7) is 1.94. The van der Waals surface area contributed by atoms with E-state index in [0.29, 0.717) is 6.07 Å². The third kappa shape index (κ3) is 4.96. The van der Waals surface area contributed by atoms with Crippen molar-refractivity contribution >= 4 is 21.6 Å². The molecule has 10 heteroatoms. The van der Waals surface area contributed by atoms with Gasteiger partial charge in [-0.1, -0.05) is 6.07 Å². The molecule has 0 bridgehead atoms. The van der Waals surface area contributed by atoms with Crippen LogP contribution in [0.15, 0.2) is 53.4 Å². The Kier molecular flexibility index (Phi) is 5.88. The molecular weight excluding hydrogens is 373 g/mol. The third-order valence-corrected chi connectivity index (χ3v) is 4.58. The average molecular weight is 388 g/mol. The molecule has 0 aromatic heterocycles. The fourth-order valence-electron chi connectivity index (χ4n) is 1.96. The highest BCUT2D eigenvalue weighted by atomic mass is 32.2. The highest BCUT2D eigenvalue weighted by Crippen LogP contribution is 2.31. The second-order valence-electron chi connectivity index (χ2n) is 5.07. The van der Waals surface area contributed by atoms with Crippen molar-refractivity contribution in [3.8, 4) is 0 Å². The summed E-state index contributed by atoms with van der Waals surface area (Å²) < 4.78 is 64.8. The fourth-order valence-corrected chi connectivity index (χ4v) is 3.00. The van der Waals surface area contributed by atoms with Gasteiger partial charge in [0.15, 0.2) is 0 Å². The molecule has 2 aromatic rings. The number of amides is 1. The molecular formula is C16H15F3N2O4S. The predicted molar refractivity (Wildman–Crippen MR) is 87.8 cm³/mol. The molecule has 0 aliphatic carbocycles. The maximum atomic E-state index is 12.7. The number of anilines is 1. The molecule has 140 valence electrons. The summed E-state index contributed by atoms with van der Waals surface area (Å²) in [7, 11) is -4.12. The lowest BCUT2D eigenvalue weighted by Crippen LogP contribution is -2.23. The SMILES string of the molecule is CCONC(=O)c1ccc(S(=O)(=O)Nc2cccc(C(F)(F)F)c2)cc1. The summed E-state index contributed by atoms with van der Waals surface area (Å²) in [6, 6.07) is 8.68. The molecule has 26 heavy (non-hydrogen) atoms. The average Bonchev–Trinajstić information content (AvgIpc) is 2.59. The molecule has 2 aromatic carbocycles. The maximum absolute atomic E-state index is 12.7. The highest BCUT2D eigenvalue weighted by Gasteiger charge is 2.30. The van der Waals surface area contributed by atoms with Crippen molar-refractivity contribution in [3.05, 3.63) is 59.7 Å². The number of carbonyl (C=O) groups excluding carboxylic acids is 1. The van der Waals surface area contributed by atoms with Crippen molar-refractivity contribution in [2.24, 2.45) is 0 Å². The number of halogens is 3. The zero-order valence-corrected chi connectivity index (χ0v) is 14.3. The van der Waals surface area contributed by atoms with Gasteiger partial charge in [0.2, 0.25) is 0 Å². The molecule has 0 heterocycles. The van der Waals surface area contributed by atoms with E-state index < -0.39 is 27.7 Å². The summed E-state index contributed by atoms with van der Waals surface area (Å²) >= 11 is 0. The minimum atomic E-state index is -4.59. The smallest absolute Gasteiger partial charge is 0.280 e. The van der Waals surface area contributed by atoms with Gasteiger partial charge >= 0.3 is 6.18 Å². The largest absolute Gasteiger partial charge is 0.416 e. The number of hydroxylamine groups is 1. The Balaban J connectivity index is 2.19. The van der Waals surface area contributed by atoms with Crippen molar-refractivity contribution in [2.75, 3.05) is 11.3 Å². The van der Waals surface area contributed by atoms with Gasteiger partial charge in [-0.25, -0.2) is 13.9 Å². The number of carbonyl (C=O) groups is 1. The Morgan fingerprint density at radius 2 is 1.77 bits per heavy atom. The van der Waals surface area contributed by atoms with E-state index in [2.05, 4.69) is 10.2 Å². The normalized spacial score (nSPS) is 11.8. The van der Waals surface area contributed by atoms with Gasteiger partial charge < -0.3 is 0 Å². The summed E-state index contributed by atoms with van der Waals surface area (Å²) in [4.78, 5) is 16.2. The van der Waals surface area contributed by atoms with Crippen molar-refractivity contribution < 1.29 is 31.2 Å². The number of hydrogen-bond acceptors (Lipinski definition) is 4. The molecule has 6 nitrogen and oxygen atoms in total. The summed E-state index contributed by atoms with van der Waals surface area (Å²) in [5, 5.41) is 0. The van der Waals surface area contributed by atoms with Crippen LogP contribution in [-0.4, -0.2) is 20.9 Å². The van der Waals surface area contributed by atoms with Crippen LogP contribution in [0.2, 0.25) is 0 Å². The van der Waals surface area contributed by atoms with Gasteiger partial charge in [0.1, 0.15) is 0 Å². The molecule has 0 atom stereocenters. The van der Waals surface area contributed by atoms with Crippen LogP contribution in [-0.2, 0) is 21.0 Å². The number of nitrogens with one attached hydrogen (secondary N) is 2. The van der Waals surface area contributed by atoms with Gasteiger partial charge in [-0.3, -0.25) is 14.4 Å². The van der Waals surface area contributed by atoms with E-state index >= 15 is 0 Å².